The molecule has 1 aliphatic carbocycles. The van der Waals surface area contributed by atoms with Crippen LogP contribution in [0.1, 0.15) is 25.7 Å². The van der Waals surface area contributed by atoms with E-state index in [2.05, 4.69) is 10.3 Å². The van der Waals surface area contributed by atoms with E-state index in [-0.39, 0.29) is 29.4 Å². The highest BCUT2D eigenvalue weighted by Gasteiger charge is 2.31. The summed E-state index contributed by atoms with van der Waals surface area (Å²) in [5.74, 6) is 1.37. The molecule has 1 aliphatic heterocycles. The van der Waals surface area contributed by atoms with Gasteiger partial charge in [-0.2, -0.15) is 0 Å². The number of aromatic nitrogens is 1. The number of nitrogens with one attached hydrogen (secondary N) is 1. The van der Waals surface area contributed by atoms with Gasteiger partial charge in [0.1, 0.15) is 5.82 Å². The fourth-order valence-corrected chi connectivity index (χ4v) is 4.63. The Morgan fingerprint density at radius 1 is 1.32 bits per heavy atom. The first-order valence-electron chi connectivity index (χ1n) is 7.65. The summed E-state index contributed by atoms with van der Waals surface area (Å²) in [6.45, 7) is 0. The SMILES string of the molecule is CN(c1ccc(NC(=O)C2CCC2)cn1)C1CCS(=O)(=O)C1. The zero-order valence-corrected chi connectivity index (χ0v) is 13.5. The van der Waals surface area contributed by atoms with E-state index in [0.29, 0.717) is 12.1 Å². The van der Waals surface area contributed by atoms with E-state index >= 15 is 0 Å². The molecule has 7 heteroatoms. The van der Waals surface area contributed by atoms with Crippen LogP contribution >= 0.6 is 0 Å². The Morgan fingerprint density at radius 3 is 2.59 bits per heavy atom. The molecule has 1 saturated carbocycles. The second-order valence-electron chi connectivity index (χ2n) is 6.19. The fraction of sp³-hybridized carbons (Fsp3) is 0.600. The molecule has 1 atom stereocenters. The molecular formula is C15H21N3O3S. The highest BCUT2D eigenvalue weighted by molar-refractivity contribution is 7.91. The van der Waals surface area contributed by atoms with Crippen molar-refractivity contribution < 1.29 is 13.2 Å². The van der Waals surface area contributed by atoms with Crippen LogP contribution in [0.5, 0.6) is 0 Å². The average Bonchev–Trinajstić information content (AvgIpc) is 2.77. The number of hydrogen-bond donors (Lipinski definition) is 1. The summed E-state index contributed by atoms with van der Waals surface area (Å²) in [6.07, 6.45) is 5.34. The Bertz CT molecular complexity index is 653. The molecule has 6 nitrogen and oxygen atoms in total. The van der Waals surface area contributed by atoms with Crippen LogP contribution in [0.4, 0.5) is 11.5 Å². The van der Waals surface area contributed by atoms with Gasteiger partial charge in [-0.05, 0) is 31.4 Å². The Morgan fingerprint density at radius 2 is 2.09 bits per heavy atom. The van der Waals surface area contributed by atoms with Gasteiger partial charge in [-0.15, -0.1) is 0 Å². The number of anilines is 2. The van der Waals surface area contributed by atoms with Crippen molar-refractivity contribution in [3.63, 3.8) is 0 Å². The minimum absolute atomic E-state index is 0.0204. The standard InChI is InChI=1S/C15H21N3O3S/c1-18(13-7-8-22(20,21)10-13)14-6-5-12(9-16-14)17-15(19)11-3-2-4-11/h5-6,9,11,13H,2-4,7-8,10H2,1H3,(H,17,19). The Labute approximate surface area is 130 Å². The molecule has 0 aromatic carbocycles. The van der Waals surface area contributed by atoms with Crippen LogP contribution in [0.15, 0.2) is 18.3 Å². The van der Waals surface area contributed by atoms with E-state index in [9.17, 15) is 13.2 Å². The molecule has 0 radical (unpaired) electrons. The second-order valence-corrected chi connectivity index (χ2v) is 8.42. The van der Waals surface area contributed by atoms with Gasteiger partial charge in [0.15, 0.2) is 9.84 Å². The van der Waals surface area contributed by atoms with Crippen LogP contribution in [-0.2, 0) is 14.6 Å². The van der Waals surface area contributed by atoms with Crippen LogP contribution < -0.4 is 10.2 Å². The average molecular weight is 323 g/mol. The smallest absolute Gasteiger partial charge is 0.227 e. The Hall–Kier alpha value is -1.63. The molecule has 0 bridgehead atoms. The van der Waals surface area contributed by atoms with Gasteiger partial charge < -0.3 is 10.2 Å². The maximum absolute atomic E-state index is 11.9. The predicted molar refractivity (Wildman–Crippen MR) is 85.7 cm³/mol. The van der Waals surface area contributed by atoms with Crippen LogP contribution in [0, 0.1) is 5.92 Å². The fourth-order valence-electron chi connectivity index (χ4n) is 2.85. The summed E-state index contributed by atoms with van der Waals surface area (Å²) in [4.78, 5) is 18.1. The second kappa shape index (κ2) is 5.87. The summed E-state index contributed by atoms with van der Waals surface area (Å²) >= 11 is 0. The van der Waals surface area contributed by atoms with Crippen molar-refractivity contribution in [2.75, 3.05) is 28.8 Å². The lowest BCUT2D eigenvalue weighted by Crippen LogP contribution is -2.33. The molecule has 120 valence electrons. The van der Waals surface area contributed by atoms with E-state index in [4.69, 9.17) is 0 Å². The Balaban J connectivity index is 1.62. The van der Waals surface area contributed by atoms with Crippen molar-refractivity contribution in [3.05, 3.63) is 18.3 Å². The zero-order valence-electron chi connectivity index (χ0n) is 12.7. The summed E-state index contributed by atoms with van der Waals surface area (Å²) in [5, 5.41) is 2.88. The van der Waals surface area contributed by atoms with Gasteiger partial charge in [-0.3, -0.25) is 4.79 Å². The number of hydrogen-bond acceptors (Lipinski definition) is 5. The van der Waals surface area contributed by atoms with E-state index in [1.807, 2.05) is 24.1 Å². The third-order valence-corrected chi connectivity index (χ3v) is 6.36. The third-order valence-electron chi connectivity index (χ3n) is 4.61. The molecule has 1 aromatic rings. The number of pyridine rings is 1. The Kier molecular flexibility index (Phi) is 4.08. The van der Waals surface area contributed by atoms with Gasteiger partial charge >= 0.3 is 0 Å². The molecule has 2 aliphatic rings. The van der Waals surface area contributed by atoms with Crippen LogP contribution in [0.3, 0.4) is 0 Å². The summed E-state index contributed by atoms with van der Waals surface area (Å²) in [5.41, 5.74) is 0.688. The first-order valence-corrected chi connectivity index (χ1v) is 9.47. The highest BCUT2D eigenvalue weighted by Crippen LogP contribution is 2.28. The molecule has 3 rings (SSSR count). The van der Waals surface area contributed by atoms with Crippen molar-refractivity contribution in [1.29, 1.82) is 0 Å². The molecule has 22 heavy (non-hydrogen) atoms. The van der Waals surface area contributed by atoms with Gasteiger partial charge in [0.2, 0.25) is 5.91 Å². The maximum atomic E-state index is 11.9. The van der Waals surface area contributed by atoms with Gasteiger partial charge in [0, 0.05) is 19.0 Å². The van der Waals surface area contributed by atoms with Crippen molar-refractivity contribution in [1.82, 2.24) is 4.98 Å². The summed E-state index contributed by atoms with van der Waals surface area (Å²) < 4.78 is 23.1. The van der Waals surface area contributed by atoms with E-state index in [1.54, 1.807) is 6.20 Å². The molecule has 1 amide bonds. The third kappa shape index (κ3) is 3.24. The molecule has 1 saturated heterocycles. The molecule has 1 aromatic heterocycles. The molecule has 1 N–H and O–H groups in total. The van der Waals surface area contributed by atoms with Crippen LogP contribution in [0.25, 0.3) is 0 Å². The van der Waals surface area contributed by atoms with Gasteiger partial charge in [0.05, 0.1) is 23.4 Å². The van der Waals surface area contributed by atoms with E-state index in [0.717, 1.165) is 25.1 Å². The lowest BCUT2D eigenvalue weighted by Gasteiger charge is -2.25. The van der Waals surface area contributed by atoms with Crippen molar-refractivity contribution >= 4 is 27.2 Å². The van der Waals surface area contributed by atoms with Crippen LogP contribution in [0.2, 0.25) is 0 Å². The van der Waals surface area contributed by atoms with Crippen molar-refractivity contribution in [2.24, 2.45) is 5.92 Å². The monoisotopic (exact) mass is 323 g/mol. The first-order chi connectivity index (χ1) is 10.4. The van der Waals surface area contributed by atoms with Gasteiger partial charge in [-0.1, -0.05) is 6.42 Å². The number of amides is 1. The molecule has 2 fully saturated rings. The number of sulfone groups is 1. The molecule has 1 unspecified atom stereocenters. The lowest BCUT2D eigenvalue weighted by atomic mass is 9.85. The molecular weight excluding hydrogens is 302 g/mol. The van der Waals surface area contributed by atoms with E-state index in [1.165, 1.54) is 0 Å². The van der Waals surface area contributed by atoms with Crippen molar-refractivity contribution in [2.45, 2.75) is 31.7 Å². The predicted octanol–water partition coefficient (Wildman–Crippen LogP) is 1.44. The maximum Gasteiger partial charge on any atom is 0.227 e. The van der Waals surface area contributed by atoms with Gasteiger partial charge in [-0.25, -0.2) is 13.4 Å². The van der Waals surface area contributed by atoms with E-state index < -0.39 is 9.84 Å². The summed E-state index contributed by atoms with van der Waals surface area (Å²) in [7, 11) is -1.04. The number of carbonyl (C=O) groups is 1. The topological polar surface area (TPSA) is 79.4 Å². The van der Waals surface area contributed by atoms with Crippen molar-refractivity contribution in [3.8, 4) is 0 Å². The van der Waals surface area contributed by atoms with Gasteiger partial charge in [0.25, 0.3) is 0 Å². The highest BCUT2D eigenvalue weighted by atomic mass is 32.2. The molecule has 0 spiro atoms. The minimum Gasteiger partial charge on any atom is -0.356 e. The zero-order chi connectivity index (χ0) is 15.7. The molecule has 2 heterocycles. The summed E-state index contributed by atoms with van der Waals surface area (Å²) in [6, 6.07) is 3.62. The largest absolute Gasteiger partial charge is 0.356 e. The normalized spacial score (nSPS) is 23.8. The number of carbonyl (C=O) groups excluding carboxylic acids is 1. The van der Waals surface area contributed by atoms with Crippen LogP contribution in [-0.4, -0.2) is 43.9 Å². The lowest BCUT2D eigenvalue weighted by molar-refractivity contribution is -0.122. The number of rotatable bonds is 4. The number of nitrogens with zero attached hydrogens (tertiary/aromatic N) is 2. The quantitative estimate of drug-likeness (QED) is 0.907. The minimum atomic E-state index is -2.91. The first kappa shape index (κ1) is 15.3.